The molecule has 0 saturated heterocycles. The summed E-state index contributed by atoms with van der Waals surface area (Å²) in [5, 5.41) is 7.95. The summed E-state index contributed by atoms with van der Waals surface area (Å²) in [7, 11) is -3.72. The Hall–Kier alpha value is -3.18. The van der Waals surface area contributed by atoms with Gasteiger partial charge in [-0.25, -0.2) is 18.1 Å². The molecular weight excluding hydrogens is 581 g/mol. The minimum Gasteiger partial charge on any atom is -0.366 e. The van der Waals surface area contributed by atoms with Crippen LogP contribution >= 0.6 is 23.2 Å². The van der Waals surface area contributed by atoms with Crippen molar-refractivity contribution in [2.24, 2.45) is 5.92 Å². The Balaban J connectivity index is 1.37. The molecule has 0 spiro atoms. The van der Waals surface area contributed by atoms with Crippen LogP contribution in [0.25, 0.3) is 5.82 Å². The number of hydrogen-bond acceptors (Lipinski definition) is 7. The molecule has 0 bridgehead atoms. The summed E-state index contributed by atoms with van der Waals surface area (Å²) in [4.78, 5) is 13.7. The third-order valence-corrected chi connectivity index (χ3v) is 9.09. The van der Waals surface area contributed by atoms with Gasteiger partial charge < -0.3 is 10.6 Å². The second-order valence-corrected chi connectivity index (χ2v) is 12.9. The number of hydrogen-bond donors (Lipinski definition) is 3. The van der Waals surface area contributed by atoms with E-state index in [0.717, 1.165) is 24.8 Å². The van der Waals surface area contributed by atoms with Crippen molar-refractivity contribution < 1.29 is 8.42 Å². The lowest BCUT2D eigenvalue weighted by molar-refractivity contribution is 0.323. The predicted octanol–water partition coefficient (Wildman–Crippen LogP) is 6.31. The van der Waals surface area contributed by atoms with Crippen molar-refractivity contribution in [3.8, 4) is 5.82 Å². The molecule has 2 aromatic carbocycles. The van der Waals surface area contributed by atoms with Gasteiger partial charge in [-0.3, -0.25) is 4.57 Å². The number of anilines is 2. The Kier molecular flexibility index (Phi) is 9.76. The van der Waals surface area contributed by atoms with E-state index in [1.54, 1.807) is 29.2 Å². The van der Waals surface area contributed by atoms with E-state index >= 15 is 0 Å². The smallest absolute Gasteiger partial charge is 0.240 e. The van der Waals surface area contributed by atoms with Crippen LogP contribution in [0.4, 0.5) is 11.8 Å². The van der Waals surface area contributed by atoms with Crippen molar-refractivity contribution in [2.45, 2.75) is 56.0 Å². The van der Waals surface area contributed by atoms with E-state index in [-0.39, 0.29) is 17.5 Å². The van der Waals surface area contributed by atoms with Crippen LogP contribution in [-0.4, -0.2) is 40.5 Å². The minimum absolute atomic E-state index is 0.176. The average Bonchev–Trinajstić information content (AvgIpc) is 3.51. The van der Waals surface area contributed by atoms with Gasteiger partial charge in [-0.05, 0) is 54.3 Å². The van der Waals surface area contributed by atoms with Gasteiger partial charge in [0.1, 0.15) is 18.0 Å². The first-order valence-corrected chi connectivity index (χ1v) is 16.0. The summed E-state index contributed by atoms with van der Waals surface area (Å²) in [5.74, 6) is 2.16. The van der Waals surface area contributed by atoms with Crippen LogP contribution in [0.5, 0.6) is 0 Å². The number of rotatable bonds is 12. The normalized spacial score (nSPS) is 15.0. The van der Waals surface area contributed by atoms with Crippen molar-refractivity contribution in [1.29, 1.82) is 0 Å². The molecule has 2 aromatic heterocycles. The van der Waals surface area contributed by atoms with Gasteiger partial charge in [-0.2, -0.15) is 9.97 Å². The van der Waals surface area contributed by atoms with Crippen LogP contribution in [0.1, 0.15) is 44.1 Å². The molecule has 41 heavy (non-hydrogen) atoms. The SMILES string of the molecule is O=S(=O)(NC[C@@H](CC1CCCCC1)Nc1cc(-n2ccnc2)nc(NCc2cccc(Cl)c2)n1)c1ccc(Cl)cc1. The van der Waals surface area contributed by atoms with Crippen LogP contribution in [0.15, 0.2) is 78.2 Å². The first-order valence-electron chi connectivity index (χ1n) is 13.7. The Bertz CT molecular complexity index is 1530. The fourth-order valence-electron chi connectivity index (χ4n) is 5.08. The van der Waals surface area contributed by atoms with Crippen LogP contribution in [0.3, 0.4) is 0 Å². The summed E-state index contributed by atoms with van der Waals surface area (Å²) in [5.41, 5.74) is 0.996. The summed E-state index contributed by atoms with van der Waals surface area (Å²) in [6, 6.07) is 15.4. The fraction of sp³-hybridized carbons (Fsp3) is 0.345. The fourth-order valence-corrected chi connectivity index (χ4v) is 6.50. The molecule has 1 fully saturated rings. The molecule has 5 rings (SSSR count). The number of sulfonamides is 1. The molecule has 2 heterocycles. The van der Waals surface area contributed by atoms with Gasteiger partial charge in [0.15, 0.2) is 0 Å². The third-order valence-electron chi connectivity index (χ3n) is 7.16. The van der Waals surface area contributed by atoms with Crippen molar-refractivity contribution in [3.63, 3.8) is 0 Å². The zero-order valence-corrected chi connectivity index (χ0v) is 24.8. The average molecular weight is 615 g/mol. The highest BCUT2D eigenvalue weighted by Gasteiger charge is 2.23. The number of imidazole rings is 1. The second kappa shape index (κ2) is 13.7. The maximum Gasteiger partial charge on any atom is 0.240 e. The molecule has 0 aliphatic heterocycles. The molecule has 3 N–H and O–H groups in total. The van der Waals surface area contributed by atoms with E-state index in [1.807, 2.05) is 36.5 Å². The Morgan fingerprint density at radius 2 is 1.78 bits per heavy atom. The van der Waals surface area contributed by atoms with E-state index in [2.05, 4.69) is 25.3 Å². The molecule has 0 unspecified atom stereocenters. The van der Waals surface area contributed by atoms with Crippen molar-refractivity contribution in [2.75, 3.05) is 17.2 Å². The largest absolute Gasteiger partial charge is 0.366 e. The third kappa shape index (κ3) is 8.42. The van der Waals surface area contributed by atoms with E-state index < -0.39 is 10.0 Å². The van der Waals surface area contributed by atoms with E-state index in [9.17, 15) is 8.42 Å². The number of nitrogens with zero attached hydrogens (tertiary/aromatic N) is 4. The lowest BCUT2D eigenvalue weighted by Gasteiger charge is -2.28. The van der Waals surface area contributed by atoms with Crippen LogP contribution in [0.2, 0.25) is 10.0 Å². The number of halogens is 2. The van der Waals surface area contributed by atoms with Gasteiger partial charge in [0.2, 0.25) is 16.0 Å². The highest BCUT2D eigenvalue weighted by molar-refractivity contribution is 7.89. The zero-order valence-electron chi connectivity index (χ0n) is 22.5. The second-order valence-electron chi connectivity index (χ2n) is 10.3. The molecule has 9 nitrogen and oxygen atoms in total. The minimum atomic E-state index is -3.72. The summed E-state index contributed by atoms with van der Waals surface area (Å²) < 4.78 is 30.7. The van der Waals surface area contributed by atoms with Gasteiger partial charge in [0, 0.05) is 47.6 Å². The molecular formula is C29H33Cl2N7O2S. The Labute approximate surface area is 250 Å². The van der Waals surface area contributed by atoms with E-state index in [4.69, 9.17) is 28.2 Å². The van der Waals surface area contributed by atoms with Crippen LogP contribution < -0.4 is 15.4 Å². The predicted molar refractivity (Wildman–Crippen MR) is 163 cm³/mol. The maximum absolute atomic E-state index is 13.1. The molecule has 12 heteroatoms. The summed E-state index contributed by atoms with van der Waals surface area (Å²) in [6.07, 6.45) is 11.9. The molecule has 4 aromatic rings. The quantitative estimate of drug-likeness (QED) is 0.171. The van der Waals surface area contributed by atoms with Gasteiger partial charge in [0.25, 0.3) is 0 Å². The summed E-state index contributed by atoms with van der Waals surface area (Å²) in [6.45, 7) is 0.691. The van der Waals surface area contributed by atoms with E-state index in [1.165, 1.54) is 31.4 Å². The lowest BCUT2D eigenvalue weighted by Crippen LogP contribution is -2.38. The zero-order chi connectivity index (χ0) is 28.7. The molecule has 0 radical (unpaired) electrons. The van der Waals surface area contributed by atoms with E-state index in [0.29, 0.717) is 40.1 Å². The monoisotopic (exact) mass is 613 g/mol. The molecule has 1 aliphatic rings. The standard InChI is InChI=1S/C29H33Cl2N7O2S/c30-23-9-11-26(12-10-23)41(39,40)34-19-25(16-21-5-2-1-3-6-21)35-27-17-28(38-14-13-32-20-38)37-29(36-27)33-18-22-7-4-8-24(31)15-22/h4,7-15,17,20-21,25,34H,1-3,5-6,16,18-19H2,(H2,33,35,36,37)/t25-/m1/s1. The maximum atomic E-state index is 13.1. The molecule has 216 valence electrons. The molecule has 1 atom stereocenters. The first-order chi connectivity index (χ1) is 19.8. The molecule has 1 saturated carbocycles. The molecule has 0 amide bonds. The van der Waals surface area contributed by atoms with Gasteiger partial charge in [0.05, 0.1) is 4.90 Å². The van der Waals surface area contributed by atoms with Gasteiger partial charge >= 0.3 is 0 Å². The van der Waals surface area contributed by atoms with Gasteiger partial charge in [-0.15, -0.1) is 0 Å². The Morgan fingerprint density at radius 1 is 0.976 bits per heavy atom. The topological polar surface area (TPSA) is 114 Å². The Morgan fingerprint density at radius 3 is 2.51 bits per heavy atom. The first kappa shape index (κ1) is 29.3. The molecule has 1 aliphatic carbocycles. The number of nitrogens with one attached hydrogen (secondary N) is 3. The number of aromatic nitrogens is 4. The summed E-state index contributed by atoms with van der Waals surface area (Å²) >= 11 is 12.1. The van der Waals surface area contributed by atoms with Crippen LogP contribution in [0, 0.1) is 5.92 Å². The van der Waals surface area contributed by atoms with Gasteiger partial charge in [-0.1, -0.05) is 67.4 Å². The lowest BCUT2D eigenvalue weighted by atomic mass is 9.85. The van der Waals surface area contributed by atoms with Crippen LogP contribution in [-0.2, 0) is 16.6 Å². The van der Waals surface area contributed by atoms with Crippen molar-refractivity contribution in [1.82, 2.24) is 24.2 Å². The highest BCUT2D eigenvalue weighted by Crippen LogP contribution is 2.28. The number of benzene rings is 2. The van der Waals surface area contributed by atoms with Crippen molar-refractivity contribution >= 4 is 45.0 Å². The highest BCUT2D eigenvalue weighted by atomic mass is 35.5. The van der Waals surface area contributed by atoms with Crippen molar-refractivity contribution in [3.05, 3.63) is 88.9 Å².